The molecule has 132 valence electrons. The largest absolute Gasteiger partial charge is 0.331 e. The molecule has 0 aliphatic carbocycles. The van der Waals surface area contributed by atoms with Crippen molar-refractivity contribution in [3.8, 4) is 0 Å². The van der Waals surface area contributed by atoms with Crippen molar-refractivity contribution in [2.24, 2.45) is 5.92 Å². The highest BCUT2D eigenvalue weighted by atomic mass is 32.2. The third kappa shape index (κ3) is 3.51. The van der Waals surface area contributed by atoms with Crippen molar-refractivity contribution in [2.75, 3.05) is 4.72 Å². The van der Waals surface area contributed by atoms with E-state index in [1.54, 1.807) is 37.5 Å². The zero-order valence-corrected chi connectivity index (χ0v) is 15.1. The predicted molar refractivity (Wildman–Crippen MR) is 96.5 cm³/mol. The summed E-state index contributed by atoms with van der Waals surface area (Å²) in [7, 11) is -3.86. The Kier molecular flexibility index (Phi) is 4.51. The molecule has 0 amide bonds. The minimum Gasteiger partial charge on any atom is -0.331 e. The highest BCUT2D eigenvalue weighted by Crippen LogP contribution is 2.27. The number of fused-ring (bicyclic) bond motifs is 1. The standard InChI is InChI=1S/C18H20FN3O2S/c1-12(2)10-22-11-17(15-5-4-8-20-18(15)22)25(23,24)21-14-7-6-13(3)16(19)9-14/h4-9,11-12,21H,10H2,1-3H3. The van der Waals surface area contributed by atoms with E-state index in [9.17, 15) is 12.8 Å². The lowest BCUT2D eigenvalue weighted by atomic mass is 10.2. The number of hydrogen-bond acceptors (Lipinski definition) is 3. The molecule has 0 unspecified atom stereocenters. The number of sulfonamides is 1. The molecule has 25 heavy (non-hydrogen) atoms. The van der Waals surface area contributed by atoms with E-state index in [-0.39, 0.29) is 10.6 Å². The number of aryl methyl sites for hydroxylation is 1. The molecule has 0 saturated carbocycles. The molecule has 7 heteroatoms. The first kappa shape index (κ1) is 17.4. The van der Waals surface area contributed by atoms with Gasteiger partial charge in [0.2, 0.25) is 0 Å². The Balaban J connectivity index is 2.06. The summed E-state index contributed by atoms with van der Waals surface area (Å²) in [6.07, 6.45) is 3.23. The van der Waals surface area contributed by atoms with Gasteiger partial charge in [0.1, 0.15) is 16.4 Å². The molecular weight excluding hydrogens is 341 g/mol. The molecule has 1 aromatic carbocycles. The molecule has 2 aromatic heterocycles. The minimum atomic E-state index is -3.86. The molecular formula is C18H20FN3O2S. The summed E-state index contributed by atoms with van der Waals surface area (Å²) in [4.78, 5) is 4.45. The topological polar surface area (TPSA) is 64.0 Å². The van der Waals surface area contributed by atoms with Crippen molar-refractivity contribution in [3.05, 3.63) is 54.1 Å². The Morgan fingerprint density at radius 3 is 2.72 bits per heavy atom. The summed E-state index contributed by atoms with van der Waals surface area (Å²) >= 11 is 0. The maximum Gasteiger partial charge on any atom is 0.264 e. The lowest BCUT2D eigenvalue weighted by molar-refractivity contribution is 0.530. The van der Waals surface area contributed by atoms with E-state index >= 15 is 0 Å². The fourth-order valence-corrected chi connectivity index (χ4v) is 3.97. The van der Waals surface area contributed by atoms with E-state index in [1.807, 2.05) is 4.57 Å². The third-order valence-electron chi connectivity index (χ3n) is 3.87. The highest BCUT2D eigenvalue weighted by Gasteiger charge is 2.22. The maximum atomic E-state index is 13.7. The van der Waals surface area contributed by atoms with Gasteiger partial charge in [0, 0.05) is 24.3 Å². The molecule has 0 atom stereocenters. The zero-order chi connectivity index (χ0) is 18.2. The van der Waals surface area contributed by atoms with Crippen LogP contribution in [0.1, 0.15) is 19.4 Å². The first-order valence-corrected chi connectivity index (χ1v) is 9.49. The zero-order valence-electron chi connectivity index (χ0n) is 14.3. The van der Waals surface area contributed by atoms with Crippen LogP contribution in [0.15, 0.2) is 47.6 Å². The second-order valence-electron chi connectivity index (χ2n) is 6.48. The highest BCUT2D eigenvalue weighted by molar-refractivity contribution is 7.93. The van der Waals surface area contributed by atoms with Gasteiger partial charge in [-0.2, -0.15) is 0 Å². The summed E-state index contributed by atoms with van der Waals surface area (Å²) in [5.41, 5.74) is 1.27. The monoisotopic (exact) mass is 361 g/mol. The second-order valence-corrected chi connectivity index (χ2v) is 8.13. The molecule has 1 N–H and O–H groups in total. The van der Waals surface area contributed by atoms with Crippen LogP contribution in [-0.4, -0.2) is 18.0 Å². The maximum absolute atomic E-state index is 13.7. The van der Waals surface area contributed by atoms with Gasteiger partial charge >= 0.3 is 0 Å². The smallest absolute Gasteiger partial charge is 0.264 e. The van der Waals surface area contributed by atoms with Gasteiger partial charge < -0.3 is 4.57 Å². The summed E-state index contributed by atoms with van der Waals surface area (Å²) in [5.74, 6) is -0.114. The summed E-state index contributed by atoms with van der Waals surface area (Å²) < 4.78 is 43.7. The van der Waals surface area contributed by atoms with Crippen LogP contribution >= 0.6 is 0 Å². The van der Waals surface area contributed by atoms with E-state index in [2.05, 4.69) is 23.6 Å². The van der Waals surface area contributed by atoms with Crippen LogP contribution in [-0.2, 0) is 16.6 Å². The number of hydrogen-bond donors (Lipinski definition) is 1. The van der Waals surface area contributed by atoms with E-state index in [4.69, 9.17) is 0 Å². The Hall–Kier alpha value is -2.41. The van der Waals surface area contributed by atoms with E-state index in [0.29, 0.717) is 29.1 Å². The van der Waals surface area contributed by atoms with Crippen molar-refractivity contribution in [2.45, 2.75) is 32.2 Å². The van der Waals surface area contributed by atoms with Crippen LogP contribution in [0.25, 0.3) is 11.0 Å². The fourth-order valence-electron chi connectivity index (χ4n) is 2.70. The molecule has 0 fully saturated rings. The van der Waals surface area contributed by atoms with Crippen molar-refractivity contribution < 1.29 is 12.8 Å². The third-order valence-corrected chi connectivity index (χ3v) is 5.28. The number of aromatic nitrogens is 2. The Morgan fingerprint density at radius 1 is 1.28 bits per heavy atom. The van der Waals surface area contributed by atoms with Crippen molar-refractivity contribution in [1.82, 2.24) is 9.55 Å². The quantitative estimate of drug-likeness (QED) is 0.749. The molecule has 0 saturated heterocycles. The average Bonchev–Trinajstić information content (AvgIpc) is 2.90. The second kappa shape index (κ2) is 6.48. The number of nitrogens with zero attached hydrogens (tertiary/aromatic N) is 2. The van der Waals surface area contributed by atoms with Crippen LogP contribution in [0.3, 0.4) is 0 Å². The van der Waals surface area contributed by atoms with Gasteiger partial charge in [-0.25, -0.2) is 17.8 Å². The lowest BCUT2D eigenvalue weighted by Gasteiger charge is -2.08. The number of pyridine rings is 1. The predicted octanol–water partition coefficient (Wildman–Crippen LogP) is 3.94. The van der Waals surface area contributed by atoms with Gasteiger partial charge in [-0.15, -0.1) is 0 Å². The molecule has 3 aromatic rings. The molecule has 0 bridgehead atoms. The summed E-state index contributed by atoms with van der Waals surface area (Å²) in [6.45, 7) is 6.38. The molecule has 2 heterocycles. The number of benzene rings is 1. The molecule has 0 spiro atoms. The minimum absolute atomic E-state index is 0.136. The molecule has 0 radical (unpaired) electrons. The first-order valence-electron chi connectivity index (χ1n) is 8.01. The summed E-state index contributed by atoms with van der Waals surface area (Å²) in [6, 6.07) is 7.69. The average molecular weight is 361 g/mol. The molecule has 3 rings (SSSR count). The molecule has 0 aliphatic rings. The van der Waals surface area contributed by atoms with Crippen LogP contribution in [0.2, 0.25) is 0 Å². The van der Waals surface area contributed by atoms with E-state index in [1.165, 1.54) is 12.1 Å². The number of anilines is 1. The van der Waals surface area contributed by atoms with Crippen LogP contribution in [0, 0.1) is 18.7 Å². The van der Waals surface area contributed by atoms with Crippen LogP contribution in [0.5, 0.6) is 0 Å². The van der Waals surface area contributed by atoms with E-state index < -0.39 is 15.8 Å². The van der Waals surface area contributed by atoms with Gasteiger partial charge in [0.15, 0.2) is 0 Å². The fraction of sp³-hybridized carbons (Fsp3) is 0.278. The van der Waals surface area contributed by atoms with Crippen molar-refractivity contribution >= 4 is 26.7 Å². The van der Waals surface area contributed by atoms with Crippen molar-refractivity contribution in [1.29, 1.82) is 0 Å². The normalized spacial score (nSPS) is 12.0. The van der Waals surface area contributed by atoms with Crippen LogP contribution in [0.4, 0.5) is 10.1 Å². The van der Waals surface area contributed by atoms with Gasteiger partial charge in [-0.1, -0.05) is 19.9 Å². The molecule has 0 aliphatic heterocycles. The van der Waals surface area contributed by atoms with E-state index in [0.717, 1.165) is 0 Å². The number of rotatable bonds is 5. The van der Waals surface area contributed by atoms with Gasteiger partial charge in [-0.05, 0) is 42.7 Å². The lowest BCUT2D eigenvalue weighted by Crippen LogP contribution is -2.13. The molecule has 5 nitrogen and oxygen atoms in total. The van der Waals surface area contributed by atoms with Crippen LogP contribution < -0.4 is 4.72 Å². The number of nitrogens with one attached hydrogen (secondary N) is 1. The van der Waals surface area contributed by atoms with Gasteiger partial charge in [0.05, 0.1) is 5.69 Å². The van der Waals surface area contributed by atoms with Crippen molar-refractivity contribution in [3.63, 3.8) is 0 Å². The first-order chi connectivity index (χ1) is 11.8. The Labute approximate surface area is 146 Å². The SMILES string of the molecule is Cc1ccc(NS(=O)(=O)c2cn(CC(C)C)c3ncccc23)cc1F. The Bertz CT molecular complexity index is 1030. The summed E-state index contributed by atoms with van der Waals surface area (Å²) in [5, 5.41) is 0.545. The Morgan fingerprint density at radius 2 is 2.04 bits per heavy atom. The van der Waals surface area contributed by atoms with Gasteiger partial charge in [0.25, 0.3) is 10.0 Å². The van der Waals surface area contributed by atoms with Gasteiger partial charge in [-0.3, -0.25) is 4.72 Å². The number of halogens is 1.